The zero-order valence-corrected chi connectivity index (χ0v) is 7.88. The summed E-state index contributed by atoms with van der Waals surface area (Å²) in [6.45, 7) is 2.07. The molecule has 0 amide bonds. The number of hydrogen-bond donors (Lipinski definition) is 0. The third-order valence-electron chi connectivity index (χ3n) is 1.78. The van der Waals surface area contributed by atoms with Crippen LogP contribution in [0.3, 0.4) is 0 Å². The maximum Gasteiger partial charge on any atom is 0.435 e. The Morgan fingerprint density at radius 3 is 2.64 bits per heavy atom. The molecule has 1 heterocycles. The summed E-state index contributed by atoms with van der Waals surface area (Å²) in [6, 6.07) is 0.947. The SMILES string of the molecule is COC(C)Cn1ccc(C(F)(F)F)n1. The molecule has 14 heavy (non-hydrogen) atoms. The molecule has 0 aliphatic heterocycles. The fourth-order valence-corrected chi connectivity index (χ4v) is 0.953. The van der Waals surface area contributed by atoms with Crippen LogP contribution in [-0.2, 0) is 17.5 Å². The average molecular weight is 208 g/mol. The number of hydrogen-bond acceptors (Lipinski definition) is 2. The van der Waals surface area contributed by atoms with E-state index in [1.807, 2.05) is 0 Å². The van der Waals surface area contributed by atoms with Gasteiger partial charge in [-0.2, -0.15) is 18.3 Å². The highest BCUT2D eigenvalue weighted by molar-refractivity contribution is 5.03. The lowest BCUT2D eigenvalue weighted by molar-refractivity contribution is -0.141. The Labute approximate surface area is 79.5 Å². The molecule has 0 aliphatic rings. The molecular formula is C8H11F3N2O. The van der Waals surface area contributed by atoms with Crippen molar-refractivity contribution in [3.8, 4) is 0 Å². The number of alkyl halides is 3. The quantitative estimate of drug-likeness (QED) is 0.759. The molecule has 0 N–H and O–H groups in total. The van der Waals surface area contributed by atoms with E-state index >= 15 is 0 Å². The molecule has 0 spiro atoms. The summed E-state index contributed by atoms with van der Waals surface area (Å²) < 4.78 is 42.5. The van der Waals surface area contributed by atoms with Crippen LogP contribution < -0.4 is 0 Å². The maximum atomic E-state index is 12.1. The summed E-state index contributed by atoms with van der Waals surface area (Å²) in [7, 11) is 1.50. The summed E-state index contributed by atoms with van der Waals surface area (Å²) in [5, 5.41) is 3.38. The monoisotopic (exact) mass is 208 g/mol. The van der Waals surface area contributed by atoms with Crippen molar-refractivity contribution >= 4 is 0 Å². The zero-order valence-electron chi connectivity index (χ0n) is 7.88. The number of rotatable bonds is 3. The Hall–Kier alpha value is -1.04. The summed E-state index contributed by atoms with van der Waals surface area (Å²) in [4.78, 5) is 0. The van der Waals surface area contributed by atoms with Gasteiger partial charge in [0.1, 0.15) is 0 Å². The predicted molar refractivity (Wildman–Crippen MR) is 43.7 cm³/mol. The van der Waals surface area contributed by atoms with Gasteiger partial charge in [0.15, 0.2) is 5.69 Å². The summed E-state index contributed by atoms with van der Waals surface area (Å²) >= 11 is 0. The number of methoxy groups -OCH3 is 1. The largest absolute Gasteiger partial charge is 0.435 e. The highest BCUT2D eigenvalue weighted by atomic mass is 19.4. The average Bonchev–Trinajstić information content (AvgIpc) is 2.51. The van der Waals surface area contributed by atoms with E-state index in [1.54, 1.807) is 6.92 Å². The molecule has 0 fully saturated rings. The number of ether oxygens (including phenoxy) is 1. The Kier molecular flexibility index (Phi) is 3.15. The summed E-state index contributed by atoms with van der Waals surface area (Å²) in [5.74, 6) is 0. The lowest BCUT2D eigenvalue weighted by Gasteiger charge is -2.08. The Bertz CT molecular complexity index is 295. The van der Waals surface area contributed by atoms with Crippen molar-refractivity contribution in [3.05, 3.63) is 18.0 Å². The van der Waals surface area contributed by atoms with Gasteiger partial charge in [-0.05, 0) is 13.0 Å². The molecule has 1 rings (SSSR count). The van der Waals surface area contributed by atoms with Gasteiger partial charge in [-0.15, -0.1) is 0 Å². The van der Waals surface area contributed by atoms with E-state index in [4.69, 9.17) is 4.74 Å². The number of nitrogens with zero attached hydrogens (tertiary/aromatic N) is 2. The van der Waals surface area contributed by atoms with E-state index in [0.717, 1.165) is 6.07 Å². The van der Waals surface area contributed by atoms with Crippen LogP contribution in [-0.4, -0.2) is 23.0 Å². The van der Waals surface area contributed by atoms with E-state index in [0.29, 0.717) is 6.54 Å². The molecule has 0 aliphatic carbocycles. The van der Waals surface area contributed by atoms with Crippen LogP contribution in [0, 0.1) is 0 Å². The molecular weight excluding hydrogens is 197 g/mol. The topological polar surface area (TPSA) is 27.1 Å². The van der Waals surface area contributed by atoms with Gasteiger partial charge >= 0.3 is 6.18 Å². The highest BCUT2D eigenvalue weighted by Crippen LogP contribution is 2.27. The molecule has 1 aromatic heterocycles. The third kappa shape index (κ3) is 2.73. The predicted octanol–water partition coefficient (Wildman–Crippen LogP) is 1.94. The molecule has 6 heteroatoms. The molecule has 0 aromatic carbocycles. The molecule has 3 nitrogen and oxygen atoms in total. The Balaban J connectivity index is 2.69. The van der Waals surface area contributed by atoms with Crippen molar-refractivity contribution in [2.45, 2.75) is 25.7 Å². The molecule has 1 unspecified atom stereocenters. The lowest BCUT2D eigenvalue weighted by Crippen LogP contribution is -2.16. The van der Waals surface area contributed by atoms with Crippen LogP contribution in [0.25, 0.3) is 0 Å². The first kappa shape index (κ1) is 11.0. The molecule has 0 bridgehead atoms. The minimum absolute atomic E-state index is 0.156. The van der Waals surface area contributed by atoms with Gasteiger partial charge in [0.05, 0.1) is 12.6 Å². The van der Waals surface area contributed by atoms with Gasteiger partial charge in [0.25, 0.3) is 0 Å². The Morgan fingerprint density at radius 1 is 1.57 bits per heavy atom. The first-order chi connectivity index (χ1) is 6.43. The molecule has 1 atom stereocenters. The van der Waals surface area contributed by atoms with Gasteiger partial charge in [0.2, 0.25) is 0 Å². The smallest absolute Gasteiger partial charge is 0.380 e. The minimum atomic E-state index is -4.37. The van der Waals surface area contributed by atoms with Gasteiger partial charge < -0.3 is 4.74 Å². The standard InChI is InChI=1S/C8H11F3N2O/c1-6(14-2)5-13-4-3-7(12-13)8(9,10)11/h3-4,6H,5H2,1-2H3. The fourth-order valence-electron chi connectivity index (χ4n) is 0.953. The van der Waals surface area contributed by atoms with E-state index < -0.39 is 11.9 Å². The molecule has 1 aromatic rings. The van der Waals surface area contributed by atoms with Crippen molar-refractivity contribution in [1.29, 1.82) is 0 Å². The van der Waals surface area contributed by atoms with Crippen LogP contribution in [0.1, 0.15) is 12.6 Å². The number of halogens is 3. The first-order valence-corrected chi connectivity index (χ1v) is 4.07. The van der Waals surface area contributed by atoms with Crippen LogP contribution in [0.5, 0.6) is 0 Å². The van der Waals surface area contributed by atoms with Crippen molar-refractivity contribution in [2.24, 2.45) is 0 Å². The summed E-state index contributed by atoms with van der Waals surface area (Å²) in [6.07, 6.45) is -3.24. The van der Waals surface area contributed by atoms with Gasteiger partial charge in [0, 0.05) is 13.3 Å². The lowest BCUT2D eigenvalue weighted by atomic mass is 10.4. The van der Waals surface area contributed by atoms with Crippen molar-refractivity contribution in [1.82, 2.24) is 9.78 Å². The molecule has 0 saturated carbocycles. The molecule has 80 valence electrons. The fraction of sp³-hybridized carbons (Fsp3) is 0.625. The Morgan fingerprint density at radius 2 is 2.21 bits per heavy atom. The zero-order chi connectivity index (χ0) is 10.8. The second-order valence-corrected chi connectivity index (χ2v) is 2.97. The van der Waals surface area contributed by atoms with Crippen LogP contribution in [0.15, 0.2) is 12.3 Å². The molecule has 0 radical (unpaired) electrons. The van der Waals surface area contributed by atoms with Gasteiger partial charge in [-0.3, -0.25) is 4.68 Å². The first-order valence-electron chi connectivity index (χ1n) is 4.07. The van der Waals surface area contributed by atoms with Crippen LogP contribution in [0.4, 0.5) is 13.2 Å². The maximum absolute atomic E-state index is 12.1. The van der Waals surface area contributed by atoms with Crippen LogP contribution >= 0.6 is 0 Å². The van der Waals surface area contributed by atoms with Crippen LogP contribution in [0.2, 0.25) is 0 Å². The van der Waals surface area contributed by atoms with Crippen molar-refractivity contribution in [3.63, 3.8) is 0 Å². The second-order valence-electron chi connectivity index (χ2n) is 2.97. The van der Waals surface area contributed by atoms with E-state index in [9.17, 15) is 13.2 Å². The summed E-state index contributed by atoms with van der Waals surface area (Å²) in [5.41, 5.74) is -0.874. The van der Waals surface area contributed by atoms with E-state index in [2.05, 4.69) is 5.10 Å². The highest BCUT2D eigenvalue weighted by Gasteiger charge is 2.33. The minimum Gasteiger partial charge on any atom is -0.380 e. The van der Waals surface area contributed by atoms with Gasteiger partial charge in [-0.25, -0.2) is 0 Å². The van der Waals surface area contributed by atoms with E-state index in [1.165, 1.54) is 18.0 Å². The van der Waals surface area contributed by atoms with Crippen molar-refractivity contribution < 1.29 is 17.9 Å². The normalized spacial score (nSPS) is 14.4. The second kappa shape index (κ2) is 4.00. The van der Waals surface area contributed by atoms with Gasteiger partial charge in [-0.1, -0.05) is 0 Å². The number of aromatic nitrogens is 2. The van der Waals surface area contributed by atoms with E-state index in [-0.39, 0.29) is 6.10 Å². The third-order valence-corrected chi connectivity index (χ3v) is 1.78. The van der Waals surface area contributed by atoms with Crippen molar-refractivity contribution in [2.75, 3.05) is 7.11 Å². The molecule has 0 saturated heterocycles.